The molecule has 1 aromatic heterocycles. The first-order valence-electron chi connectivity index (χ1n) is 20.3. The van der Waals surface area contributed by atoms with Crippen LogP contribution in [-0.4, -0.2) is 78.8 Å². The molecular formula is C46H44N3O12S4-3. The first kappa shape index (κ1) is 47.9. The molecule has 15 nitrogen and oxygen atoms in total. The smallest absolute Gasteiger partial charge is 0.210 e. The van der Waals surface area contributed by atoms with Gasteiger partial charge in [-0.25, -0.2) is 25.3 Å². The lowest BCUT2D eigenvalue weighted by Gasteiger charge is -2.27. The van der Waals surface area contributed by atoms with Gasteiger partial charge in [-0.2, -0.15) is 8.91 Å². The maximum absolute atomic E-state index is 11.9. The highest BCUT2D eigenvalue weighted by Crippen LogP contribution is 2.51. The third-order valence-corrected chi connectivity index (χ3v) is 14.7. The average molecular weight is 959 g/mol. The Morgan fingerprint density at radius 2 is 1.45 bits per heavy atom. The molecule has 342 valence electrons. The van der Waals surface area contributed by atoms with Gasteiger partial charge in [0.25, 0.3) is 0 Å². The van der Waals surface area contributed by atoms with Gasteiger partial charge in [0.15, 0.2) is 5.71 Å². The molecule has 0 radical (unpaired) electrons. The van der Waals surface area contributed by atoms with Crippen LogP contribution in [0.15, 0.2) is 137 Å². The van der Waals surface area contributed by atoms with Crippen LogP contribution in [-0.2, 0) is 50.6 Å². The summed E-state index contributed by atoms with van der Waals surface area (Å²) < 4.78 is 112. The van der Waals surface area contributed by atoms with E-state index >= 15 is 0 Å². The van der Waals surface area contributed by atoms with E-state index in [1.165, 1.54) is 12.1 Å². The number of hydrogen-bond acceptors (Lipinski definition) is 15. The highest BCUT2D eigenvalue weighted by atomic mass is 32.2. The molecule has 0 aliphatic carbocycles. The van der Waals surface area contributed by atoms with Crippen molar-refractivity contribution in [3.05, 3.63) is 144 Å². The summed E-state index contributed by atoms with van der Waals surface area (Å²) in [7, 11) is -13.7. The van der Waals surface area contributed by atoms with Gasteiger partial charge in [0.1, 0.15) is 16.7 Å². The van der Waals surface area contributed by atoms with Crippen molar-refractivity contribution >= 4 is 86.6 Å². The zero-order valence-electron chi connectivity index (χ0n) is 35.7. The number of aromatic nitrogens is 1. The number of allylic oxidation sites excluding steroid dienone is 8. The Hall–Kier alpha value is -5.06. The number of pyridine rings is 1. The molecule has 4 aromatic carbocycles. The number of anilines is 1. The average Bonchev–Trinajstić information content (AvgIpc) is 3.59. The normalized spacial score (nSPS) is 17.1. The van der Waals surface area contributed by atoms with Crippen molar-refractivity contribution < 1.29 is 58.1 Å². The van der Waals surface area contributed by atoms with Crippen molar-refractivity contribution in [2.24, 2.45) is 0 Å². The van der Waals surface area contributed by atoms with Crippen LogP contribution in [0.3, 0.4) is 0 Å². The minimum Gasteiger partial charge on any atom is -0.748 e. The monoisotopic (exact) mass is 958 g/mol. The van der Waals surface area contributed by atoms with Crippen LogP contribution in [0.4, 0.5) is 11.4 Å². The van der Waals surface area contributed by atoms with Crippen LogP contribution in [0, 0.1) is 0 Å². The molecule has 2 aliphatic rings. The van der Waals surface area contributed by atoms with Crippen molar-refractivity contribution in [3.63, 3.8) is 0 Å². The minimum atomic E-state index is -4.71. The fourth-order valence-electron chi connectivity index (χ4n) is 8.96. The number of nitrogens with zero attached hydrogens (tertiary/aromatic N) is 3. The van der Waals surface area contributed by atoms with Crippen molar-refractivity contribution in [2.75, 3.05) is 29.5 Å². The van der Waals surface area contributed by atoms with Crippen LogP contribution in [0.2, 0.25) is 0 Å². The van der Waals surface area contributed by atoms with Gasteiger partial charge in [-0.1, -0.05) is 56.4 Å². The van der Waals surface area contributed by atoms with E-state index in [0.29, 0.717) is 15.7 Å². The summed E-state index contributed by atoms with van der Waals surface area (Å²) in [6.45, 7) is 8.57. The summed E-state index contributed by atoms with van der Waals surface area (Å²) in [5.41, 5.74) is 5.37. The SMILES string of the molecule is CC1(C)C(=CC=CC(=CC=CC2=[N+](CCCS(=O)(=O)[O-])c3ccc4cc(SOO[O-])ccc4c3C2(C)C)c2ccncc2)N(CCCS(=O)(=O)[O-])c2ccc3cc(S(=O)(=O)[O-])ccc3c21. The molecule has 0 bridgehead atoms. The largest absolute Gasteiger partial charge is 0.748 e. The second-order valence-corrected chi connectivity index (χ2v) is 21.9. The van der Waals surface area contributed by atoms with Gasteiger partial charge < -0.3 is 23.8 Å². The van der Waals surface area contributed by atoms with E-state index in [1.807, 2.05) is 96.2 Å². The zero-order valence-corrected chi connectivity index (χ0v) is 38.9. The maximum Gasteiger partial charge on any atom is 0.210 e. The van der Waals surface area contributed by atoms with Gasteiger partial charge >= 0.3 is 0 Å². The summed E-state index contributed by atoms with van der Waals surface area (Å²) in [5, 5.41) is 17.1. The lowest BCUT2D eigenvalue weighted by molar-refractivity contribution is -0.777. The molecule has 65 heavy (non-hydrogen) atoms. The Morgan fingerprint density at radius 3 is 2.14 bits per heavy atom. The summed E-state index contributed by atoms with van der Waals surface area (Å²) in [5.74, 6) is -1.10. The summed E-state index contributed by atoms with van der Waals surface area (Å²) in [4.78, 5) is 6.44. The predicted octanol–water partition coefficient (Wildman–Crippen LogP) is 6.65. The zero-order chi connectivity index (χ0) is 47.0. The van der Waals surface area contributed by atoms with E-state index in [-0.39, 0.29) is 30.8 Å². The molecule has 3 heterocycles. The molecule has 5 aromatic rings. The van der Waals surface area contributed by atoms with Crippen LogP contribution in [0.25, 0.3) is 27.1 Å². The molecule has 0 saturated heterocycles. The van der Waals surface area contributed by atoms with Crippen LogP contribution in [0.1, 0.15) is 57.2 Å². The molecule has 7 rings (SSSR count). The van der Waals surface area contributed by atoms with Crippen molar-refractivity contribution in [1.82, 2.24) is 4.98 Å². The maximum atomic E-state index is 11.9. The quantitative estimate of drug-likeness (QED) is 0.0237. The van der Waals surface area contributed by atoms with E-state index in [1.54, 1.807) is 36.7 Å². The Morgan fingerprint density at radius 1 is 0.785 bits per heavy atom. The second-order valence-electron chi connectivity index (χ2n) is 16.7. The third-order valence-electron chi connectivity index (χ3n) is 11.7. The molecule has 0 N–H and O–H groups in total. The van der Waals surface area contributed by atoms with Gasteiger partial charge in [0, 0.05) is 76.3 Å². The first-order chi connectivity index (χ1) is 30.6. The molecule has 0 atom stereocenters. The van der Waals surface area contributed by atoms with Crippen molar-refractivity contribution in [1.29, 1.82) is 0 Å². The molecule has 19 heteroatoms. The standard InChI is InChI=1S/C46H47N3O12S4/c1-45(2)41(48(25-7-27-63(51,52)53)39-19-13-33-29-35(62-61-60-50)15-17-37(33)43(39)45)11-5-9-31(32-21-23-47-24-22-32)10-6-12-42-46(3,4)44-38-18-16-36(65(57,58)59)30-34(38)14-20-40(44)49(42)26-8-28-64(54,55)56/h5-6,9-24,29-30H,7-8,25-28H2,1-4H3,(H3-,50,51,52,53,54,55,56,57,58,59)/p-3. The number of hydrogen-bond donors (Lipinski definition) is 0. The molecule has 0 spiro atoms. The lowest BCUT2D eigenvalue weighted by atomic mass is 9.79. The molecule has 0 saturated carbocycles. The lowest BCUT2D eigenvalue weighted by Crippen LogP contribution is -2.28. The summed E-state index contributed by atoms with van der Waals surface area (Å²) in [6.07, 6.45) is 15.0. The van der Waals surface area contributed by atoms with Crippen LogP contribution < -0.4 is 10.2 Å². The first-order valence-corrected chi connectivity index (χ1v) is 25.6. The Bertz CT molecular complexity index is 3180. The fourth-order valence-corrected chi connectivity index (χ4v) is 10.8. The Balaban J connectivity index is 1.29. The number of fused-ring (bicyclic) bond motifs is 6. The molecule has 0 amide bonds. The third kappa shape index (κ3) is 10.5. The van der Waals surface area contributed by atoms with E-state index < -0.39 is 52.7 Å². The highest BCUT2D eigenvalue weighted by Gasteiger charge is 2.45. The van der Waals surface area contributed by atoms with Gasteiger partial charge in [-0.05, 0) is 113 Å². The van der Waals surface area contributed by atoms with Crippen molar-refractivity contribution in [2.45, 2.75) is 61.2 Å². The number of rotatable bonds is 17. The van der Waals surface area contributed by atoms with Gasteiger partial charge in [-0.3, -0.25) is 10.0 Å². The van der Waals surface area contributed by atoms with Gasteiger partial charge in [0.2, 0.25) is 5.69 Å². The van der Waals surface area contributed by atoms with Gasteiger partial charge in [0.05, 0.1) is 42.6 Å². The Kier molecular flexibility index (Phi) is 13.8. The molecule has 0 fully saturated rings. The highest BCUT2D eigenvalue weighted by molar-refractivity contribution is 7.94. The van der Waals surface area contributed by atoms with Gasteiger partial charge in [-0.15, -0.1) is 0 Å². The Labute approximate surface area is 382 Å². The summed E-state index contributed by atoms with van der Waals surface area (Å²) in [6, 6.07) is 20.9. The minimum absolute atomic E-state index is 0.0480. The molecular weight excluding hydrogens is 915 g/mol. The van der Waals surface area contributed by atoms with E-state index in [0.717, 1.165) is 67.9 Å². The van der Waals surface area contributed by atoms with E-state index in [2.05, 4.69) is 28.2 Å². The fraction of sp³-hybridized carbons (Fsp3) is 0.261. The predicted molar refractivity (Wildman–Crippen MR) is 244 cm³/mol. The van der Waals surface area contributed by atoms with Crippen LogP contribution >= 0.6 is 12.0 Å². The topological polar surface area (TPSA) is 232 Å². The van der Waals surface area contributed by atoms with Crippen molar-refractivity contribution in [3.8, 4) is 0 Å². The molecule has 0 unspecified atom stereocenters. The summed E-state index contributed by atoms with van der Waals surface area (Å²) >= 11 is 0.784. The molecule has 2 aliphatic heterocycles. The number of benzene rings is 4. The van der Waals surface area contributed by atoms with E-state index in [9.17, 15) is 44.2 Å². The van der Waals surface area contributed by atoms with E-state index in [4.69, 9.17) is 0 Å². The van der Waals surface area contributed by atoms with Crippen LogP contribution in [0.5, 0.6) is 0 Å². The second kappa shape index (κ2) is 18.7.